The molecule has 0 atom stereocenters. The molecule has 0 spiro atoms. The van der Waals surface area contributed by atoms with E-state index < -0.39 is 11.7 Å². The predicted molar refractivity (Wildman–Crippen MR) is 85.1 cm³/mol. The number of aromatic nitrogens is 2. The Kier molecular flexibility index (Phi) is 3.91. The molecule has 3 rings (SSSR count). The molecule has 0 N–H and O–H groups in total. The first-order chi connectivity index (χ1) is 11.3. The van der Waals surface area contributed by atoms with Crippen LogP contribution in [0.15, 0.2) is 42.6 Å². The summed E-state index contributed by atoms with van der Waals surface area (Å²) in [5.41, 5.74) is 1.78. The lowest BCUT2D eigenvalue weighted by Crippen LogP contribution is -2.06. The van der Waals surface area contributed by atoms with Crippen LogP contribution in [0.4, 0.5) is 13.2 Å². The maximum Gasteiger partial charge on any atom is 0.417 e. The zero-order chi connectivity index (χ0) is 17.5. The molecule has 2 heterocycles. The average molecular weight is 332 g/mol. The fourth-order valence-electron chi connectivity index (χ4n) is 2.58. The Morgan fingerprint density at radius 2 is 1.75 bits per heavy atom. The second-order valence-corrected chi connectivity index (χ2v) is 5.88. The second kappa shape index (κ2) is 5.78. The standard InChI is InChI=1S/C18H15F3N2O/c1-11(2)12-3-5-13(6-4-12)17-15(10-24)23-9-14(18(19,20)21)7-8-16(23)22-17/h3-11H,1-2H3. The van der Waals surface area contributed by atoms with Gasteiger partial charge in [0.2, 0.25) is 0 Å². The summed E-state index contributed by atoms with van der Waals surface area (Å²) in [6.07, 6.45) is -3.04. The highest BCUT2D eigenvalue weighted by molar-refractivity contribution is 5.86. The fraction of sp³-hybridized carbons (Fsp3) is 0.222. The Hall–Kier alpha value is -2.63. The Balaban J connectivity index is 2.16. The van der Waals surface area contributed by atoms with Crippen LogP contribution in [-0.4, -0.2) is 15.7 Å². The summed E-state index contributed by atoms with van der Waals surface area (Å²) in [5.74, 6) is 0.361. The normalized spacial score (nSPS) is 12.1. The van der Waals surface area contributed by atoms with Gasteiger partial charge in [-0.05, 0) is 23.6 Å². The van der Waals surface area contributed by atoms with Crippen LogP contribution in [0.3, 0.4) is 0 Å². The highest BCUT2D eigenvalue weighted by Crippen LogP contribution is 2.31. The zero-order valence-electron chi connectivity index (χ0n) is 13.1. The topological polar surface area (TPSA) is 34.4 Å². The fourth-order valence-corrected chi connectivity index (χ4v) is 2.58. The lowest BCUT2D eigenvalue weighted by molar-refractivity contribution is -0.137. The molecule has 124 valence electrons. The highest BCUT2D eigenvalue weighted by Gasteiger charge is 2.31. The minimum atomic E-state index is -4.47. The van der Waals surface area contributed by atoms with E-state index >= 15 is 0 Å². The number of benzene rings is 1. The van der Waals surface area contributed by atoms with Gasteiger partial charge < -0.3 is 0 Å². The van der Waals surface area contributed by atoms with Crippen LogP contribution in [-0.2, 0) is 6.18 Å². The molecular formula is C18H15F3N2O. The van der Waals surface area contributed by atoms with Gasteiger partial charge in [-0.25, -0.2) is 4.98 Å². The van der Waals surface area contributed by atoms with E-state index in [1.54, 1.807) is 0 Å². The van der Waals surface area contributed by atoms with Crippen molar-refractivity contribution < 1.29 is 18.0 Å². The molecule has 0 aliphatic rings. The third-order valence-corrected chi connectivity index (χ3v) is 3.95. The summed E-state index contributed by atoms with van der Waals surface area (Å²) < 4.78 is 39.8. The third kappa shape index (κ3) is 2.79. The van der Waals surface area contributed by atoms with E-state index in [-0.39, 0.29) is 5.69 Å². The molecule has 1 aromatic carbocycles. The first-order valence-corrected chi connectivity index (χ1v) is 7.46. The molecule has 0 aliphatic heterocycles. The number of hydrogen-bond acceptors (Lipinski definition) is 2. The molecule has 0 fully saturated rings. The first-order valence-electron chi connectivity index (χ1n) is 7.46. The van der Waals surface area contributed by atoms with Crippen LogP contribution in [0.5, 0.6) is 0 Å². The minimum Gasteiger partial charge on any atom is -0.296 e. The number of hydrogen-bond donors (Lipinski definition) is 0. The Morgan fingerprint density at radius 3 is 2.29 bits per heavy atom. The number of carbonyl (C=O) groups excluding carboxylic acids is 1. The molecule has 0 radical (unpaired) electrons. The summed E-state index contributed by atoms with van der Waals surface area (Å²) >= 11 is 0. The van der Waals surface area contributed by atoms with Crippen molar-refractivity contribution in [3.8, 4) is 11.3 Å². The van der Waals surface area contributed by atoms with Crippen LogP contribution < -0.4 is 0 Å². The first kappa shape index (κ1) is 16.2. The van der Waals surface area contributed by atoms with Gasteiger partial charge in [-0.15, -0.1) is 0 Å². The number of carbonyl (C=O) groups is 1. The molecule has 0 aliphatic carbocycles. The van der Waals surface area contributed by atoms with Gasteiger partial charge in [-0.2, -0.15) is 13.2 Å². The van der Waals surface area contributed by atoms with Crippen LogP contribution in [0.25, 0.3) is 16.9 Å². The average Bonchev–Trinajstić information content (AvgIpc) is 2.91. The van der Waals surface area contributed by atoms with Crippen molar-refractivity contribution >= 4 is 11.9 Å². The third-order valence-electron chi connectivity index (χ3n) is 3.95. The largest absolute Gasteiger partial charge is 0.417 e. The summed E-state index contributed by atoms with van der Waals surface area (Å²) in [5, 5.41) is 0. The summed E-state index contributed by atoms with van der Waals surface area (Å²) in [7, 11) is 0. The highest BCUT2D eigenvalue weighted by atomic mass is 19.4. The van der Waals surface area contributed by atoms with Gasteiger partial charge in [0, 0.05) is 11.8 Å². The van der Waals surface area contributed by atoms with Crippen molar-refractivity contribution in [3.05, 3.63) is 59.4 Å². The SMILES string of the molecule is CC(C)c1ccc(-c2nc3ccc(C(F)(F)F)cn3c2C=O)cc1. The quantitative estimate of drug-likeness (QED) is 0.636. The van der Waals surface area contributed by atoms with Gasteiger partial charge in [0.15, 0.2) is 6.29 Å². The monoisotopic (exact) mass is 332 g/mol. The predicted octanol–water partition coefficient (Wildman–Crippen LogP) is 4.96. The molecule has 24 heavy (non-hydrogen) atoms. The van der Waals surface area contributed by atoms with Gasteiger partial charge >= 0.3 is 6.18 Å². The molecule has 0 bridgehead atoms. The number of alkyl halides is 3. The molecule has 0 amide bonds. The van der Waals surface area contributed by atoms with Gasteiger partial charge in [-0.1, -0.05) is 38.1 Å². The number of rotatable bonds is 3. The minimum absolute atomic E-state index is 0.105. The molecule has 0 unspecified atom stereocenters. The summed E-state index contributed by atoms with van der Waals surface area (Å²) in [6.45, 7) is 4.13. The van der Waals surface area contributed by atoms with Crippen LogP contribution >= 0.6 is 0 Å². The Morgan fingerprint density at radius 1 is 1.08 bits per heavy atom. The maximum absolute atomic E-state index is 12.9. The van der Waals surface area contributed by atoms with E-state index in [1.165, 1.54) is 10.5 Å². The smallest absolute Gasteiger partial charge is 0.296 e. The van der Waals surface area contributed by atoms with Crippen LogP contribution in [0, 0.1) is 0 Å². The zero-order valence-corrected chi connectivity index (χ0v) is 13.1. The van der Waals surface area contributed by atoms with E-state index in [4.69, 9.17) is 0 Å². The molecule has 6 heteroatoms. The van der Waals surface area contributed by atoms with Gasteiger partial charge in [0.25, 0.3) is 0 Å². The number of nitrogens with zero attached hydrogens (tertiary/aromatic N) is 2. The molecule has 2 aromatic heterocycles. The van der Waals surface area contributed by atoms with E-state index in [1.807, 2.05) is 24.3 Å². The van der Waals surface area contributed by atoms with Crippen molar-refractivity contribution in [2.45, 2.75) is 25.9 Å². The number of halogens is 3. The van der Waals surface area contributed by atoms with E-state index in [0.29, 0.717) is 29.1 Å². The van der Waals surface area contributed by atoms with Crippen molar-refractivity contribution in [2.24, 2.45) is 0 Å². The lowest BCUT2D eigenvalue weighted by Gasteiger charge is -2.07. The summed E-state index contributed by atoms with van der Waals surface area (Å²) in [4.78, 5) is 15.8. The van der Waals surface area contributed by atoms with Crippen molar-refractivity contribution in [1.82, 2.24) is 9.38 Å². The van der Waals surface area contributed by atoms with Gasteiger partial charge in [-0.3, -0.25) is 9.20 Å². The van der Waals surface area contributed by atoms with E-state index in [0.717, 1.165) is 17.8 Å². The lowest BCUT2D eigenvalue weighted by atomic mass is 10.0. The van der Waals surface area contributed by atoms with E-state index in [2.05, 4.69) is 18.8 Å². The Labute approximate surface area is 136 Å². The number of imidazole rings is 1. The van der Waals surface area contributed by atoms with Crippen molar-refractivity contribution in [2.75, 3.05) is 0 Å². The second-order valence-electron chi connectivity index (χ2n) is 5.88. The van der Waals surface area contributed by atoms with Crippen LogP contribution in [0.1, 0.15) is 41.4 Å². The van der Waals surface area contributed by atoms with Gasteiger partial charge in [0.1, 0.15) is 17.0 Å². The molecule has 3 nitrogen and oxygen atoms in total. The number of aldehydes is 1. The summed E-state index contributed by atoms with van der Waals surface area (Å²) in [6, 6.07) is 9.74. The molecule has 0 saturated heterocycles. The number of pyridine rings is 1. The van der Waals surface area contributed by atoms with E-state index in [9.17, 15) is 18.0 Å². The Bertz CT molecular complexity index is 893. The molecule has 3 aromatic rings. The maximum atomic E-state index is 12.9. The molecule has 0 saturated carbocycles. The van der Waals surface area contributed by atoms with Crippen LogP contribution in [0.2, 0.25) is 0 Å². The molecular weight excluding hydrogens is 317 g/mol. The van der Waals surface area contributed by atoms with Crippen molar-refractivity contribution in [1.29, 1.82) is 0 Å². The van der Waals surface area contributed by atoms with Gasteiger partial charge in [0.05, 0.1) is 5.56 Å². The number of fused-ring (bicyclic) bond motifs is 1. The van der Waals surface area contributed by atoms with Crippen molar-refractivity contribution in [3.63, 3.8) is 0 Å².